The number of aliphatic carboxylic acids is 3. The molecule has 7 amide bonds. The predicted molar refractivity (Wildman–Crippen MR) is 425 cm³/mol. The van der Waals surface area contributed by atoms with Crippen LogP contribution >= 0.6 is 90.1 Å². The molecular formula is C59H90N12O42P6S4. The minimum Gasteiger partial charge on any atom is -0.481 e. The van der Waals surface area contributed by atoms with Crippen LogP contribution in [0.5, 0.6) is 0 Å². The summed E-state index contributed by atoms with van der Waals surface area (Å²) < 4.78 is 104. The number of nitrogens with two attached hydrogens (primary N) is 1. The van der Waals surface area contributed by atoms with Crippen molar-refractivity contribution in [1.82, 2.24) is 56.3 Å². The number of Topliss-reactive ketones (excluding diaryl/α,β-unsaturated/α-hetero) is 1. The number of hydrogen-bond donors (Lipinski definition) is 23. The number of H-pyrrole nitrogens is 2. The van der Waals surface area contributed by atoms with Crippen molar-refractivity contribution in [2.75, 3.05) is 62.4 Å². The van der Waals surface area contributed by atoms with Crippen LogP contribution in [-0.4, -0.2) is 260 Å². The van der Waals surface area contributed by atoms with Gasteiger partial charge in [0.1, 0.15) is 47.9 Å². The van der Waals surface area contributed by atoms with Gasteiger partial charge in [-0.25, -0.2) is 41.8 Å². The third-order valence-electron chi connectivity index (χ3n) is 15.3. The van der Waals surface area contributed by atoms with Crippen LogP contribution in [-0.2, 0) is 116 Å². The molecule has 0 radical (unpaired) electrons. The van der Waals surface area contributed by atoms with Crippen molar-refractivity contribution in [2.24, 2.45) is 5.73 Å². The molecule has 0 saturated carbocycles. The van der Waals surface area contributed by atoms with E-state index in [9.17, 15) is 129 Å². The molecule has 4 heterocycles. The molecule has 2 aromatic rings. The number of phosphoric ester groups is 2. The topological polar surface area (TPSA) is 847 Å². The SMILES string of the molecule is CC(=O)NC(CSSCCC(=O)NCC#Cc1cn(C2CC(O)C(COP(=O)(O)OP(=O)(O)OP(=O)(O)O)O2)c(=O)[nH]c1=O)C(=O)NCCCCCC(=O)NC(CC(=O)O)C(C)=O.NC(CSSCCC(=O)NCC#Cc1cn(C2CC(O)C(COP(=O)(O)OP(=O)(O)OP(=O)(O)O)O2)c(=O)[nH]c1=O)C(=O)NCCCCCC(=O)NC(CC(=O)O)C(=O)O. The molecule has 24 N–H and O–H groups in total. The van der Waals surface area contributed by atoms with Crippen LogP contribution in [0.25, 0.3) is 0 Å². The fraction of sp³-hybridized carbons (Fsp3) is 0.610. The van der Waals surface area contributed by atoms with Crippen molar-refractivity contribution in [3.63, 3.8) is 0 Å². The van der Waals surface area contributed by atoms with E-state index >= 15 is 0 Å². The number of nitrogens with one attached hydrogen (secondary N) is 9. The van der Waals surface area contributed by atoms with Gasteiger partial charge in [0.05, 0.1) is 63.4 Å². The molecule has 692 valence electrons. The standard InChI is InChI=1S/C31H47N6O21P3S2.C28H43N6O21P3S2/c1-18(38)21(13-28(43)44)35-26(42)8-4-3-5-10-33-30(46)22(34-19(2)39)17-63-62-12-9-25(41)32-11-6-7-20-15-37(31(47)36-29(20)45)27-14-23(40)24(56-27)16-55-60(51,52)58-61(53,54)57-59(48,49)50;29-17(26(41)31-8-3-1-2-6-22(37)32-18(27(42)43)11-24(38)39)15-60-59-10-7-21(36)30-9-4-5-16-13-34(28(44)33-25(16)40)23-12-19(35)20(53-23)14-52-57(48,49)55-58(50,51)54-56(45,46)47/h15,21-24,27,40H,3-5,8-14,16-17H2,1-2H3,(H,32,41)(H,33,46)(H,34,39)(H,35,42)(H,43,44)(H,51,52)(H,53,54)(H,36,45,47)(H2,48,49,50);13,17-20,23,35H,1-3,6-12,14-15,29H2,(H,30,36)(H,31,41)(H,32,37)(H,38,39)(H,42,43)(H,48,49)(H,50,51)(H,33,40,44)(H2,45,46,47). The molecular weight excluding hydrogens is 1860 g/mol. The first-order valence-corrected chi connectivity index (χ1v) is 49.5. The number of hydrogen-bond acceptors (Lipinski definition) is 36. The zero-order chi connectivity index (χ0) is 92.8. The maximum Gasteiger partial charge on any atom is 0.490 e. The van der Waals surface area contributed by atoms with E-state index in [1.54, 1.807) is 0 Å². The summed E-state index contributed by atoms with van der Waals surface area (Å²) >= 11 is 0. The zero-order valence-electron chi connectivity index (χ0n) is 64.3. The van der Waals surface area contributed by atoms with E-state index in [1.165, 1.54) is 57.0 Å². The molecule has 0 spiro atoms. The molecule has 123 heavy (non-hydrogen) atoms. The van der Waals surface area contributed by atoms with E-state index in [4.69, 9.17) is 50.1 Å². The number of aromatic amines is 2. The van der Waals surface area contributed by atoms with Crippen LogP contribution in [0.3, 0.4) is 0 Å². The van der Waals surface area contributed by atoms with Crippen molar-refractivity contribution in [3.05, 3.63) is 65.2 Å². The number of aromatic nitrogens is 4. The molecule has 2 aromatic heterocycles. The predicted octanol–water partition coefficient (Wildman–Crippen LogP) is -3.69. The second-order valence-corrected chi connectivity index (χ2v) is 39.5. The lowest BCUT2D eigenvalue weighted by Crippen LogP contribution is -2.47. The van der Waals surface area contributed by atoms with Crippen LogP contribution in [0.1, 0.15) is 127 Å². The first-order valence-electron chi connectivity index (χ1n) is 35.4. The molecule has 2 aliphatic rings. The summed E-state index contributed by atoms with van der Waals surface area (Å²) in [5.41, 5.74) is 1.59. The highest BCUT2D eigenvalue weighted by molar-refractivity contribution is 8.77. The van der Waals surface area contributed by atoms with Crippen LogP contribution < -0.4 is 65.4 Å². The molecule has 2 saturated heterocycles. The molecule has 64 heteroatoms. The lowest BCUT2D eigenvalue weighted by molar-refractivity contribution is -0.147. The average Bonchev–Trinajstić information content (AvgIpc) is 1.70. The fourth-order valence-electron chi connectivity index (χ4n) is 9.69. The summed E-state index contributed by atoms with van der Waals surface area (Å²) in [6, 6.07) is -4.35. The number of nitrogens with zero attached hydrogens (tertiary/aromatic N) is 2. The number of unbranched alkanes of at least 4 members (excludes halogenated alkanes) is 4. The molecule has 54 nitrogen and oxygen atoms in total. The Bertz CT molecular complexity index is 4740. The second kappa shape index (κ2) is 53.5. The lowest BCUT2D eigenvalue weighted by Gasteiger charge is -2.19. The van der Waals surface area contributed by atoms with E-state index in [0.717, 1.165) is 21.5 Å². The summed E-state index contributed by atoms with van der Waals surface area (Å²) in [7, 11) is -28.9. The van der Waals surface area contributed by atoms with Crippen molar-refractivity contribution >= 4 is 155 Å². The number of carbonyl (C=O) groups excluding carboxylic acids is 8. The Labute approximate surface area is 710 Å². The van der Waals surface area contributed by atoms with E-state index in [1.807, 2.05) is 9.97 Å². The first-order chi connectivity index (χ1) is 57.1. The van der Waals surface area contributed by atoms with E-state index < -0.39 is 222 Å². The highest BCUT2D eigenvalue weighted by Crippen LogP contribution is 2.67. The van der Waals surface area contributed by atoms with Gasteiger partial charge in [0, 0.05) is 93.9 Å². The number of aliphatic hydroxyl groups excluding tert-OH is 2. The number of carboxylic acids is 3. The van der Waals surface area contributed by atoms with Crippen LogP contribution in [0.4, 0.5) is 0 Å². The Kier molecular flexibility index (Phi) is 47.9. The van der Waals surface area contributed by atoms with Gasteiger partial charge in [0.15, 0.2) is 5.78 Å². The minimum absolute atomic E-state index is 0.0164. The summed E-state index contributed by atoms with van der Waals surface area (Å²) in [6.45, 7) is 0.550. The zero-order valence-corrected chi connectivity index (χ0v) is 73.0. The van der Waals surface area contributed by atoms with Crippen molar-refractivity contribution < 1.29 is 181 Å². The van der Waals surface area contributed by atoms with E-state index in [2.05, 4.69) is 87.2 Å². The Hall–Kier alpha value is -7.13. The fourth-order valence-corrected chi connectivity index (χ4v) is 20.0. The molecule has 2 fully saturated rings. The Morgan fingerprint density at radius 3 is 1.30 bits per heavy atom. The molecule has 2 aliphatic heterocycles. The largest absolute Gasteiger partial charge is 0.490 e. The molecule has 4 rings (SSSR count). The van der Waals surface area contributed by atoms with Gasteiger partial charge >= 0.3 is 76.2 Å². The number of carboxylic acid groups (broad SMARTS) is 3. The molecule has 0 bridgehead atoms. The number of rotatable bonds is 53. The number of amides is 7. The van der Waals surface area contributed by atoms with E-state index in [0.29, 0.717) is 50.0 Å². The van der Waals surface area contributed by atoms with Crippen molar-refractivity contribution in [3.8, 4) is 23.7 Å². The third-order valence-corrected chi connectivity index (χ3v) is 27.7. The smallest absolute Gasteiger partial charge is 0.481 e. The van der Waals surface area contributed by atoms with Crippen molar-refractivity contribution in [2.45, 2.75) is 165 Å². The van der Waals surface area contributed by atoms with Gasteiger partial charge in [-0.15, -0.1) is 0 Å². The lowest BCUT2D eigenvalue weighted by atomic mass is 10.1. The highest BCUT2D eigenvalue weighted by Gasteiger charge is 2.45. The van der Waals surface area contributed by atoms with Crippen molar-refractivity contribution in [1.29, 1.82) is 0 Å². The number of phosphoric acid groups is 6. The van der Waals surface area contributed by atoms with Gasteiger partial charge in [-0.3, -0.25) is 85.7 Å². The summed E-state index contributed by atoms with van der Waals surface area (Å²) in [5, 5.41) is 64.8. The van der Waals surface area contributed by atoms with E-state index in [-0.39, 0.29) is 87.3 Å². The van der Waals surface area contributed by atoms with Gasteiger partial charge in [-0.05, 0) is 32.6 Å². The van der Waals surface area contributed by atoms with Crippen LogP contribution in [0, 0.1) is 23.7 Å². The van der Waals surface area contributed by atoms with Crippen LogP contribution in [0.15, 0.2) is 31.6 Å². The molecule has 14 unspecified atom stereocenters. The van der Waals surface area contributed by atoms with Gasteiger partial charge in [0.25, 0.3) is 11.1 Å². The number of ketones is 1. The molecule has 0 aliphatic carbocycles. The summed E-state index contributed by atoms with van der Waals surface area (Å²) in [4.78, 5) is 255. The summed E-state index contributed by atoms with van der Waals surface area (Å²) in [6.07, 6.45) is -5.38. The normalized spacial score (nSPS) is 19.2. The van der Waals surface area contributed by atoms with Gasteiger partial charge in [-0.2, -0.15) is 17.2 Å². The monoisotopic (exact) mass is 1950 g/mol. The molecule has 0 aromatic carbocycles. The van der Waals surface area contributed by atoms with Gasteiger partial charge in [0.2, 0.25) is 41.4 Å². The summed E-state index contributed by atoms with van der Waals surface area (Å²) in [5.74, 6) is 3.44. The number of carbonyl (C=O) groups is 11. The number of aliphatic hydroxyl groups is 2. The number of ether oxygens (including phenoxy) is 2. The Morgan fingerprint density at radius 2 is 0.911 bits per heavy atom. The Balaban J connectivity index is 0.000000636. The quantitative estimate of drug-likeness (QED) is 0.0131. The average molecular weight is 1950 g/mol. The van der Waals surface area contributed by atoms with Crippen LogP contribution in [0.2, 0.25) is 0 Å². The van der Waals surface area contributed by atoms with Gasteiger partial charge in [-0.1, -0.05) is 79.7 Å². The Morgan fingerprint density at radius 1 is 0.512 bits per heavy atom. The maximum atomic E-state index is 12.7. The second-order valence-electron chi connectivity index (χ2n) is 25.4. The molecule has 14 atom stereocenters. The van der Waals surface area contributed by atoms with Gasteiger partial charge < -0.3 is 117 Å². The minimum atomic E-state index is -5.80. The third kappa shape index (κ3) is 46.8. The maximum absolute atomic E-state index is 12.7. The highest BCUT2D eigenvalue weighted by atomic mass is 33.1. The first kappa shape index (κ1) is 110.